The minimum absolute atomic E-state index is 0.0953. The van der Waals surface area contributed by atoms with Crippen LogP contribution in [0.25, 0.3) is 5.69 Å². The van der Waals surface area contributed by atoms with E-state index in [0.29, 0.717) is 24.5 Å². The molecule has 5 nitrogen and oxygen atoms in total. The normalized spacial score (nSPS) is 18.0. The standard InChI is InChI=1S/C17H20FN3O2/c18-15-6-5-14(10-16(15)20-7-1-2-8-20)19-17(23)21-9-3-4-13(11-21)12-22/h1-2,5-8,10,13,22H,3-4,9,11-12H2,(H,19,23). The number of aliphatic hydroxyl groups excluding tert-OH is 1. The van der Waals surface area contributed by atoms with Gasteiger partial charge in [-0.2, -0.15) is 0 Å². The number of aromatic nitrogens is 1. The zero-order chi connectivity index (χ0) is 16.2. The molecule has 6 heteroatoms. The van der Waals surface area contributed by atoms with E-state index in [1.165, 1.54) is 6.07 Å². The van der Waals surface area contributed by atoms with E-state index >= 15 is 0 Å². The fourth-order valence-electron chi connectivity index (χ4n) is 2.88. The highest BCUT2D eigenvalue weighted by Gasteiger charge is 2.23. The number of carbonyl (C=O) groups excluding carboxylic acids is 1. The van der Waals surface area contributed by atoms with Crippen molar-refractivity contribution in [3.05, 3.63) is 48.5 Å². The first-order valence-electron chi connectivity index (χ1n) is 7.77. The first-order valence-corrected chi connectivity index (χ1v) is 7.77. The lowest BCUT2D eigenvalue weighted by Gasteiger charge is -2.31. The summed E-state index contributed by atoms with van der Waals surface area (Å²) in [5.41, 5.74) is 0.936. The van der Waals surface area contributed by atoms with E-state index in [-0.39, 0.29) is 24.4 Å². The molecule has 1 aliphatic heterocycles. The monoisotopic (exact) mass is 317 g/mol. The van der Waals surface area contributed by atoms with Crippen LogP contribution in [0.5, 0.6) is 0 Å². The predicted molar refractivity (Wildman–Crippen MR) is 86.1 cm³/mol. The minimum Gasteiger partial charge on any atom is -0.396 e. The molecule has 1 saturated heterocycles. The molecule has 23 heavy (non-hydrogen) atoms. The highest BCUT2D eigenvalue weighted by molar-refractivity contribution is 5.89. The van der Waals surface area contributed by atoms with Gasteiger partial charge in [0.1, 0.15) is 5.82 Å². The van der Waals surface area contributed by atoms with E-state index < -0.39 is 0 Å². The number of anilines is 1. The van der Waals surface area contributed by atoms with Crippen LogP contribution in [-0.2, 0) is 0 Å². The average molecular weight is 317 g/mol. The molecule has 2 amide bonds. The van der Waals surface area contributed by atoms with Crippen LogP contribution < -0.4 is 5.32 Å². The third kappa shape index (κ3) is 3.53. The third-order valence-corrected chi connectivity index (χ3v) is 4.14. The number of piperidine rings is 1. The van der Waals surface area contributed by atoms with E-state index in [2.05, 4.69) is 5.32 Å². The Hall–Kier alpha value is -2.34. The Morgan fingerprint density at radius 2 is 2.13 bits per heavy atom. The van der Waals surface area contributed by atoms with Gasteiger partial charge in [0.15, 0.2) is 0 Å². The molecule has 0 saturated carbocycles. The Labute approximate surface area is 134 Å². The Balaban J connectivity index is 1.73. The van der Waals surface area contributed by atoms with E-state index in [1.807, 2.05) is 12.1 Å². The van der Waals surface area contributed by atoms with Crippen molar-refractivity contribution < 1.29 is 14.3 Å². The minimum atomic E-state index is -0.350. The molecule has 1 fully saturated rings. The summed E-state index contributed by atoms with van der Waals surface area (Å²) in [7, 11) is 0. The molecule has 2 aromatic rings. The van der Waals surface area contributed by atoms with Crippen LogP contribution in [0.1, 0.15) is 12.8 Å². The smallest absolute Gasteiger partial charge is 0.321 e. The fourth-order valence-corrected chi connectivity index (χ4v) is 2.88. The van der Waals surface area contributed by atoms with Crippen molar-refractivity contribution in [3.8, 4) is 5.69 Å². The zero-order valence-corrected chi connectivity index (χ0v) is 12.8. The van der Waals surface area contributed by atoms with Crippen molar-refractivity contribution in [1.29, 1.82) is 0 Å². The van der Waals surface area contributed by atoms with Gasteiger partial charge in [-0.1, -0.05) is 0 Å². The second-order valence-corrected chi connectivity index (χ2v) is 5.82. The lowest BCUT2D eigenvalue weighted by Crippen LogP contribution is -2.43. The highest BCUT2D eigenvalue weighted by atomic mass is 19.1. The molecule has 1 aliphatic rings. The van der Waals surface area contributed by atoms with Crippen LogP contribution in [0.2, 0.25) is 0 Å². The van der Waals surface area contributed by atoms with Gasteiger partial charge in [-0.3, -0.25) is 0 Å². The maximum absolute atomic E-state index is 14.0. The summed E-state index contributed by atoms with van der Waals surface area (Å²) in [5.74, 6) is -0.212. The summed E-state index contributed by atoms with van der Waals surface area (Å²) in [6.07, 6.45) is 5.33. The van der Waals surface area contributed by atoms with Crippen molar-refractivity contribution >= 4 is 11.7 Å². The number of likely N-dealkylation sites (tertiary alicyclic amines) is 1. The van der Waals surface area contributed by atoms with E-state index in [9.17, 15) is 14.3 Å². The molecule has 0 bridgehead atoms. The van der Waals surface area contributed by atoms with Crippen LogP contribution in [0.3, 0.4) is 0 Å². The van der Waals surface area contributed by atoms with Gasteiger partial charge in [-0.05, 0) is 49.1 Å². The quantitative estimate of drug-likeness (QED) is 0.914. The van der Waals surface area contributed by atoms with Crippen LogP contribution in [0.4, 0.5) is 14.9 Å². The number of halogens is 1. The van der Waals surface area contributed by atoms with Gasteiger partial charge >= 0.3 is 6.03 Å². The second-order valence-electron chi connectivity index (χ2n) is 5.82. The third-order valence-electron chi connectivity index (χ3n) is 4.14. The Kier molecular flexibility index (Phi) is 4.62. The number of carbonyl (C=O) groups is 1. The van der Waals surface area contributed by atoms with E-state index in [4.69, 9.17) is 0 Å². The number of hydrogen-bond donors (Lipinski definition) is 2. The van der Waals surface area contributed by atoms with Gasteiger partial charge in [0, 0.05) is 37.8 Å². The van der Waals surface area contributed by atoms with Crippen LogP contribution in [0.15, 0.2) is 42.7 Å². The van der Waals surface area contributed by atoms with Crippen LogP contribution in [-0.4, -0.2) is 40.3 Å². The summed E-state index contributed by atoms with van der Waals surface area (Å²) in [6, 6.07) is 7.92. The molecular formula is C17H20FN3O2. The average Bonchev–Trinajstić information content (AvgIpc) is 3.11. The van der Waals surface area contributed by atoms with Gasteiger partial charge in [0.2, 0.25) is 0 Å². The van der Waals surface area contributed by atoms with Crippen molar-refractivity contribution in [3.63, 3.8) is 0 Å². The second kappa shape index (κ2) is 6.83. The maximum Gasteiger partial charge on any atom is 0.321 e. The lowest BCUT2D eigenvalue weighted by molar-refractivity contribution is 0.136. The molecule has 1 aromatic heterocycles. The number of nitrogens with one attached hydrogen (secondary N) is 1. The molecular weight excluding hydrogens is 297 g/mol. The molecule has 1 aromatic carbocycles. The fraction of sp³-hybridized carbons (Fsp3) is 0.353. The largest absolute Gasteiger partial charge is 0.396 e. The first-order chi connectivity index (χ1) is 11.2. The van der Waals surface area contributed by atoms with E-state index in [1.54, 1.807) is 34.0 Å². The molecule has 1 atom stereocenters. The number of amides is 2. The van der Waals surface area contributed by atoms with Crippen molar-refractivity contribution in [2.75, 3.05) is 25.0 Å². The van der Waals surface area contributed by atoms with Crippen molar-refractivity contribution in [1.82, 2.24) is 9.47 Å². The van der Waals surface area contributed by atoms with Gasteiger partial charge < -0.3 is 19.9 Å². The topological polar surface area (TPSA) is 57.5 Å². The highest BCUT2D eigenvalue weighted by Crippen LogP contribution is 2.21. The van der Waals surface area contributed by atoms with E-state index in [0.717, 1.165) is 12.8 Å². The first kappa shape index (κ1) is 15.6. The number of hydrogen-bond acceptors (Lipinski definition) is 2. The zero-order valence-electron chi connectivity index (χ0n) is 12.8. The predicted octanol–water partition coefficient (Wildman–Crippen LogP) is 2.85. The SMILES string of the molecule is O=C(Nc1ccc(F)c(-n2cccc2)c1)N1CCCC(CO)C1. The molecule has 2 N–H and O–H groups in total. The summed E-state index contributed by atoms with van der Waals surface area (Å²) in [4.78, 5) is 14.0. The van der Waals surface area contributed by atoms with Gasteiger partial charge in [0.25, 0.3) is 0 Å². The summed E-state index contributed by atoms with van der Waals surface area (Å²) < 4.78 is 15.6. The number of aliphatic hydroxyl groups is 1. The van der Waals surface area contributed by atoms with Gasteiger partial charge in [-0.25, -0.2) is 9.18 Å². The lowest BCUT2D eigenvalue weighted by atomic mass is 9.99. The van der Waals surface area contributed by atoms with Crippen LogP contribution in [0, 0.1) is 11.7 Å². The molecule has 1 unspecified atom stereocenters. The maximum atomic E-state index is 14.0. The molecule has 0 radical (unpaired) electrons. The number of nitrogens with zero attached hydrogens (tertiary/aromatic N) is 2. The molecule has 0 spiro atoms. The van der Waals surface area contributed by atoms with Gasteiger partial charge in [-0.15, -0.1) is 0 Å². The van der Waals surface area contributed by atoms with Crippen molar-refractivity contribution in [2.45, 2.75) is 12.8 Å². The number of rotatable bonds is 3. The Morgan fingerprint density at radius 3 is 2.87 bits per heavy atom. The van der Waals surface area contributed by atoms with Crippen LogP contribution >= 0.6 is 0 Å². The van der Waals surface area contributed by atoms with Crippen molar-refractivity contribution in [2.24, 2.45) is 5.92 Å². The molecule has 2 heterocycles. The molecule has 0 aliphatic carbocycles. The summed E-state index contributed by atoms with van der Waals surface area (Å²) in [5, 5.41) is 12.1. The van der Waals surface area contributed by atoms with Gasteiger partial charge in [0.05, 0.1) is 5.69 Å². The summed E-state index contributed by atoms with van der Waals surface area (Å²) in [6.45, 7) is 1.32. The number of urea groups is 1. The summed E-state index contributed by atoms with van der Waals surface area (Å²) >= 11 is 0. The Morgan fingerprint density at radius 1 is 1.35 bits per heavy atom. The molecule has 122 valence electrons. The molecule has 3 rings (SSSR count). The number of benzene rings is 1. The Bertz CT molecular complexity index is 672.